The fourth-order valence-electron chi connectivity index (χ4n) is 5.81. The minimum absolute atomic E-state index is 0.239. The summed E-state index contributed by atoms with van der Waals surface area (Å²) in [6, 6.07) is 26.5. The predicted molar refractivity (Wildman–Crippen MR) is 157 cm³/mol. The Morgan fingerprint density at radius 2 is 1.49 bits per heavy atom. The maximum absolute atomic E-state index is 15.8. The van der Waals surface area contributed by atoms with Gasteiger partial charge in [-0.1, -0.05) is 74.5 Å². The zero-order chi connectivity index (χ0) is 30.5. The molecule has 1 aliphatic carbocycles. The van der Waals surface area contributed by atoms with Crippen LogP contribution in [0.4, 0.5) is 4.39 Å². The summed E-state index contributed by atoms with van der Waals surface area (Å²) in [5, 5.41) is 1.62. The first-order valence-corrected chi connectivity index (χ1v) is 13.2. The van der Waals surface area contributed by atoms with Crippen molar-refractivity contribution < 1.29 is 18.9 Å². The summed E-state index contributed by atoms with van der Waals surface area (Å²) in [6.07, 6.45) is -1.81. The Balaban J connectivity index is 1.48. The number of hydrogen-bond donors (Lipinski definition) is 0. The van der Waals surface area contributed by atoms with Gasteiger partial charge >= 0.3 is 0 Å². The number of nitrogens with zero attached hydrogens (tertiary/aromatic N) is 1. The molecule has 2 aromatic heterocycles. The van der Waals surface area contributed by atoms with Gasteiger partial charge in [-0.15, -0.1) is 0 Å². The summed E-state index contributed by atoms with van der Waals surface area (Å²) in [5.41, 5.74) is 6.03. The Bertz CT molecular complexity index is 2100. The van der Waals surface area contributed by atoms with Crippen molar-refractivity contribution in [3.05, 3.63) is 114 Å². The molecule has 0 radical (unpaired) electrons. The molecule has 3 heteroatoms. The Kier molecular flexibility index (Phi) is 4.38. The first-order chi connectivity index (χ1) is 20.3. The van der Waals surface area contributed by atoms with Crippen LogP contribution in [0.1, 0.15) is 36.0 Å². The van der Waals surface area contributed by atoms with E-state index in [1.165, 1.54) is 6.07 Å². The van der Waals surface area contributed by atoms with Crippen LogP contribution in [0.2, 0.25) is 0 Å². The number of pyridine rings is 1. The molecule has 0 amide bonds. The Hall–Kier alpha value is -4.24. The minimum Gasteiger partial charge on any atom is -0.454 e. The van der Waals surface area contributed by atoms with Gasteiger partial charge in [0.05, 0.1) is 11.1 Å². The van der Waals surface area contributed by atoms with Crippen molar-refractivity contribution in [1.29, 1.82) is 0 Å². The molecule has 0 N–H and O–H groups in total. The average Bonchev–Trinajstić information content (AvgIpc) is 3.39. The topological polar surface area (TPSA) is 17.0 Å². The van der Waals surface area contributed by atoms with Crippen LogP contribution in [0.3, 0.4) is 0 Å². The van der Waals surface area contributed by atoms with Crippen LogP contribution in [-0.2, 0) is 19.8 Å². The molecule has 0 atom stereocenters. The second kappa shape index (κ2) is 8.64. The molecule has 0 aliphatic heterocycles. The number of aryl methyl sites for hydroxylation is 2. The average molecular weight is 517 g/mol. The summed E-state index contributed by atoms with van der Waals surface area (Å²) in [4.78, 5) is 0. The lowest BCUT2D eigenvalue weighted by Gasteiger charge is -2.14. The van der Waals surface area contributed by atoms with Gasteiger partial charge in [-0.3, -0.25) is 0 Å². The SMILES string of the molecule is [2H]C1([2H])c2ccc(-c3c(F)ccc4c3oc3c(-c5cc(-c6ccccc6)cc[n+]5C)c(C)ccc34)cc2C([2H])([2H])C1(C)C. The van der Waals surface area contributed by atoms with E-state index in [0.717, 1.165) is 38.7 Å². The number of rotatable bonds is 3. The van der Waals surface area contributed by atoms with Gasteiger partial charge in [0.2, 0.25) is 5.69 Å². The molecular weight excluding hydrogens is 481 g/mol. The number of halogens is 1. The summed E-state index contributed by atoms with van der Waals surface area (Å²) < 4.78 is 59.5. The normalized spacial score (nSPS) is 18.4. The molecule has 0 saturated carbocycles. The van der Waals surface area contributed by atoms with Crippen LogP contribution in [0, 0.1) is 18.2 Å². The van der Waals surface area contributed by atoms with Crippen LogP contribution in [0.15, 0.2) is 95.5 Å². The molecule has 0 bridgehead atoms. The van der Waals surface area contributed by atoms with Crippen LogP contribution in [0.25, 0.3) is 55.4 Å². The molecule has 7 rings (SSSR count). The van der Waals surface area contributed by atoms with Gasteiger partial charge in [-0.2, -0.15) is 0 Å². The highest BCUT2D eigenvalue weighted by atomic mass is 19.1. The van der Waals surface area contributed by atoms with Gasteiger partial charge in [0.15, 0.2) is 6.20 Å². The van der Waals surface area contributed by atoms with E-state index in [0.29, 0.717) is 22.3 Å². The van der Waals surface area contributed by atoms with Crippen molar-refractivity contribution in [2.75, 3.05) is 0 Å². The quantitative estimate of drug-likeness (QED) is 0.215. The molecule has 0 fully saturated rings. The third kappa shape index (κ3) is 3.87. The molecule has 2 heterocycles. The van der Waals surface area contributed by atoms with Gasteiger partial charge in [-0.25, -0.2) is 8.96 Å². The zero-order valence-electron chi connectivity index (χ0n) is 26.4. The second-order valence-corrected chi connectivity index (χ2v) is 10.9. The molecule has 2 nitrogen and oxygen atoms in total. The van der Waals surface area contributed by atoms with E-state index in [4.69, 9.17) is 9.90 Å². The molecule has 1 aliphatic rings. The fourth-order valence-corrected chi connectivity index (χ4v) is 5.81. The number of furan rings is 1. The zero-order valence-corrected chi connectivity index (χ0v) is 22.4. The molecule has 39 heavy (non-hydrogen) atoms. The van der Waals surface area contributed by atoms with Crippen molar-refractivity contribution in [2.45, 2.75) is 33.5 Å². The van der Waals surface area contributed by atoms with Gasteiger partial charge in [0.1, 0.15) is 24.0 Å². The van der Waals surface area contributed by atoms with Crippen molar-refractivity contribution in [1.82, 2.24) is 0 Å². The van der Waals surface area contributed by atoms with E-state index >= 15 is 4.39 Å². The Labute approximate surface area is 234 Å². The standard InChI is InChI=1S/C36H31FNO/c1-22-10-13-28-29-14-15-30(37)33(25-11-12-26-20-36(2,3)21-27(26)18-25)35(29)39-34(28)32(22)31-19-24(16-17-38(31)4)23-8-6-5-7-9-23/h5-19H,20-21H2,1-4H3/q+1/i20D2,21D2. The molecule has 0 saturated heterocycles. The molecule has 0 spiro atoms. The van der Waals surface area contributed by atoms with Gasteiger partial charge in [0.25, 0.3) is 0 Å². The van der Waals surface area contributed by atoms with Crippen LogP contribution in [0.5, 0.6) is 0 Å². The lowest BCUT2D eigenvalue weighted by Crippen LogP contribution is -2.30. The Morgan fingerprint density at radius 3 is 2.28 bits per heavy atom. The van der Waals surface area contributed by atoms with E-state index < -0.39 is 24.0 Å². The third-order valence-corrected chi connectivity index (χ3v) is 7.68. The second-order valence-electron chi connectivity index (χ2n) is 10.9. The largest absolute Gasteiger partial charge is 0.454 e. The highest BCUT2D eigenvalue weighted by Gasteiger charge is 2.29. The monoisotopic (exact) mass is 516 g/mol. The van der Waals surface area contributed by atoms with Crippen LogP contribution < -0.4 is 4.57 Å². The highest BCUT2D eigenvalue weighted by molar-refractivity contribution is 6.13. The van der Waals surface area contributed by atoms with E-state index in [9.17, 15) is 0 Å². The molecule has 192 valence electrons. The Morgan fingerprint density at radius 1 is 0.769 bits per heavy atom. The maximum atomic E-state index is 15.8. The highest BCUT2D eigenvalue weighted by Crippen LogP contribution is 2.44. The van der Waals surface area contributed by atoms with E-state index in [1.54, 1.807) is 38.1 Å². The van der Waals surface area contributed by atoms with Gasteiger partial charge in [-0.05, 0) is 70.6 Å². The van der Waals surface area contributed by atoms with Crippen molar-refractivity contribution >= 4 is 21.9 Å². The molecule has 6 aromatic rings. The summed E-state index contributed by atoms with van der Waals surface area (Å²) in [7, 11) is 1.99. The van der Waals surface area contributed by atoms with Crippen molar-refractivity contribution in [3.8, 4) is 33.5 Å². The summed E-state index contributed by atoms with van der Waals surface area (Å²) in [6.45, 7) is 5.24. The number of fused-ring (bicyclic) bond motifs is 4. The van der Waals surface area contributed by atoms with E-state index in [2.05, 4.69) is 34.9 Å². The fraction of sp³-hybridized carbons (Fsp3) is 0.194. The predicted octanol–water partition coefficient (Wildman–Crippen LogP) is 8.98. The summed E-state index contributed by atoms with van der Waals surface area (Å²) in [5.74, 6) is -0.484. The number of hydrogen-bond acceptors (Lipinski definition) is 1. The van der Waals surface area contributed by atoms with E-state index in [-0.39, 0.29) is 11.1 Å². The summed E-state index contributed by atoms with van der Waals surface area (Å²) >= 11 is 0. The molecule has 4 aromatic carbocycles. The first-order valence-electron chi connectivity index (χ1n) is 15.2. The number of benzene rings is 4. The number of aromatic nitrogens is 1. The first kappa shape index (κ1) is 19.8. The van der Waals surface area contributed by atoms with Crippen LogP contribution in [-0.4, -0.2) is 0 Å². The lowest BCUT2D eigenvalue weighted by atomic mass is 9.90. The molecular formula is C36H31FNO+. The van der Waals surface area contributed by atoms with Crippen LogP contribution >= 0.6 is 0 Å². The maximum Gasteiger partial charge on any atom is 0.216 e. The van der Waals surface area contributed by atoms with Crippen molar-refractivity contribution in [3.63, 3.8) is 0 Å². The minimum atomic E-state index is -1.96. The third-order valence-electron chi connectivity index (χ3n) is 7.68. The van der Waals surface area contributed by atoms with Crippen molar-refractivity contribution in [2.24, 2.45) is 12.5 Å². The smallest absolute Gasteiger partial charge is 0.216 e. The molecule has 0 unspecified atom stereocenters. The van der Waals surface area contributed by atoms with E-state index in [1.807, 2.05) is 44.4 Å². The van der Waals surface area contributed by atoms with Gasteiger partial charge in [0, 0.05) is 28.4 Å². The van der Waals surface area contributed by atoms with Gasteiger partial charge < -0.3 is 4.42 Å². The lowest BCUT2D eigenvalue weighted by molar-refractivity contribution is -0.660.